The number of carbonyl (C=O) groups excluding carboxylic acids is 1. The van der Waals surface area contributed by atoms with E-state index in [1.54, 1.807) is 19.0 Å². The number of nitrogens with one attached hydrogen (secondary N) is 1. The highest BCUT2D eigenvalue weighted by Gasteiger charge is 2.31. The molecule has 1 saturated carbocycles. The molecule has 1 aliphatic carbocycles. The summed E-state index contributed by atoms with van der Waals surface area (Å²) < 4.78 is 0. The lowest BCUT2D eigenvalue weighted by Gasteiger charge is -2.39. The van der Waals surface area contributed by atoms with Crippen molar-refractivity contribution in [3.05, 3.63) is 0 Å². The molecule has 1 rings (SSSR count). The molecule has 0 aromatic rings. The molecule has 16 heavy (non-hydrogen) atoms. The van der Waals surface area contributed by atoms with Gasteiger partial charge in [0.15, 0.2) is 0 Å². The first-order chi connectivity index (χ1) is 7.30. The zero-order valence-electron chi connectivity index (χ0n) is 11.3. The fourth-order valence-electron chi connectivity index (χ4n) is 2.89. The molecule has 94 valence electrons. The Kier molecular flexibility index (Phi) is 4.36. The lowest BCUT2D eigenvalue weighted by atomic mass is 9.70. The molecule has 0 aromatic heterocycles. The van der Waals surface area contributed by atoms with Crippen LogP contribution < -0.4 is 5.32 Å². The maximum Gasteiger partial charge on any atom is 0.236 e. The third-order valence-corrected chi connectivity index (χ3v) is 3.43. The Morgan fingerprint density at radius 2 is 2.00 bits per heavy atom. The summed E-state index contributed by atoms with van der Waals surface area (Å²) in [5.74, 6) is 0.923. The van der Waals surface area contributed by atoms with Crippen LogP contribution in [0.4, 0.5) is 0 Å². The monoisotopic (exact) mass is 226 g/mol. The van der Waals surface area contributed by atoms with Crippen LogP contribution in [0.2, 0.25) is 0 Å². The summed E-state index contributed by atoms with van der Waals surface area (Å²) >= 11 is 0. The summed E-state index contributed by atoms with van der Waals surface area (Å²) in [5.41, 5.74) is 0.413. The average molecular weight is 226 g/mol. The minimum absolute atomic E-state index is 0.163. The van der Waals surface area contributed by atoms with Crippen molar-refractivity contribution in [3.63, 3.8) is 0 Å². The predicted molar refractivity (Wildman–Crippen MR) is 67.3 cm³/mol. The average Bonchev–Trinajstić information content (AvgIpc) is 2.10. The molecule has 0 aromatic carbocycles. The molecule has 2 unspecified atom stereocenters. The van der Waals surface area contributed by atoms with Crippen molar-refractivity contribution in [2.45, 2.75) is 46.1 Å². The van der Waals surface area contributed by atoms with E-state index >= 15 is 0 Å². The van der Waals surface area contributed by atoms with Crippen LogP contribution in [0.3, 0.4) is 0 Å². The van der Waals surface area contributed by atoms with Crippen molar-refractivity contribution in [3.8, 4) is 0 Å². The Bertz CT molecular complexity index is 248. The molecule has 0 heterocycles. The van der Waals surface area contributed by atoms with E-state index in [2.05, 4.69) is 26.1 Å². The van der Waals surface area contributed by atoms with Gasteiger partial charge < -0.3 is 10.2 Å². The number of hydrogen-bond donors (Lipinski definition) is 1. The van der Waals surface area contributed by atoms with E-state index in [0.29, 0.717) is 18.0 Å². The second kappa shape index (κ2) is 5.17. The van der Waals surface area contributed by atoms with Gasteiger partial charge in [-0.2, -0.15) is 0 Å². The van der Waals surface area contributed by atoms with Crippen LogP contribution in [0.15, 0.2) is 0 Å². The molecule has 1 N–H and O–H groups in total. The molecular weight excluding hydrogens is 200 g/mol. The first-order valence-corrected chi connectivity index (χ1v) is 6.24. The van der Waals surface area contributed by atoms with Crippen LogP contribution in [-0.4, -0.2) is 37.5 Å². The Hall–Kier alpha value is -0.570. The van der Waals surface area contributed by atoms with Crippen molar-refractivity contribution in [2.24, 2.45) is 11.3 Å². The summed E-state index contributed by atoms with van der Waals surface area (Å²) in [6.07, 6.45) is 3.68. The quantitative estimate of drug-likeness (QED) is 0.797. The van der Waals surface area contributed by atoms with Gasteiger partial charge >= 0.3 is 0 Å². The fourth-order valence-corrected chi connectivity index (χ4v) is 2.89. The molecule has 0 aliphatic heterocycles. The maximum absolute atomic E-state index is 11.5. The lowest BCUT2D eigenvalue weighted by Crippen LogP contribution is -2.44. The molecule has 3 nitrogen and oxygen atoms in total. The Labute approximate surface area is 99.6 Å². The number of rotatable bonds is 3. The number of nitrogens with zero attached hydrogens (tertiary/aromatic N) is 1. The first-order valence-electron chi connectivity index (χ1n) is 6.24. The Morgan fingerprint density at radius 1 is 1.38 bits per heavy atom. The molecule has 0 spiro atoms. The third kappa shape index (κ3) is 4.12. The molecule has 1 fully saturated rings. The SMILES string of the molecule is CC1CC(NCC(=O)N(C)C)CC(C)(C)C1. The maximum atomic E-state index is 11.5. The van der Waals surface area contributed by atoms with Crippen molar-refractivity contribution >= 4 is 5.91 Å². The smallest absolute Gasteiger partial charge is 0.236 e. The van der Waals surface area contributed by atoms with Crippen LogP contribution >= 0.6 is 0 Å². The van der Waals surface area contributed by atoms with Gasteiger partial charge in [0.1, 0.15) is 0 Å². The zero-order chi connectivity index (χ0) is 12.3. The van der Waals surface area contributed by atoms with E-state index < -0.39 is 0 Å². The highest BCUT2D eigenvalue weighted by Crippen LogP contribution is 2.38. The van der Waals surface area contributed by atoms with Gasteiger partial charge in [0.25, 0.3) is 0 Å². The van der Waals surface area contributed by atoms with Gasteiger partial charge in [-0.1, -0.05) is 20.8 Å². The summed E-state index contributed by atoms with van der Waals surface area (Å²) in [6.45, 7) is 7.43. The van der Waals surface area contributed by atoms with E-state index in [1.807, 2.05) is 0 Å². The van der Waals surface area contributed by atoms with Gasteiger partial charge in [0.2, 0.25) is 5.91 Å². The topological polar surface area (TPSA) is 32.3 Å². The van der Waals surface area contributed by atoms with Gasteiger partial charge in [-0.3, -0.25) is 4.79 Å². The minimum atomic E-state index is 0.163. The Balaban J connectivity index is 2.40. The number of hydrogen-bond acceptors (Lipinski definition) is 2. The standard InChI is InChI=1S/C13H26N2O/c1-10-6-11(8-13(2,3)7-10)14-9-12(16)15(4)5/h10-11,14H,6-9H2,1-5H3. The molecule has 1 amide bonds. The van der Waals surface area contributed by atoms with E-state index in [-0.39, 0.29) is 5.91 Å². The van der Waals surface area contributed by atoms with Crippen LogP contribution in [0.5, 0.6) is 0 Å². The largest absolute Gasteiger partial charge is 0.348 e. The zero-order valence-corrected chi connectivity index (χ0v) is 11.3. The van der Waals surface area contributed by atoms with Crippen LogP contribution in [0, 0.1) is 11.3 Å². The Morgan fingerprint density at radius 3 is 2.50 bits per heavy atom. The molecule has 0 saturated heterocycles. The lowest BCUT2D eigenvalue weighted by molar-refractivity contribution is -0.128. The van der Waals surface area contributed by atoms with Crippen LogP contribution in [-0.2, 0) is 4.79 Å². The molecule has 0 radical (unpaired) electrons. The van der Waals surface area contributed by atoms with Crippen molar-refractivity contribution < 1.29 is 4.79 Å². The summed E-state index contributed by atoms with van der Waals surface area (Å²) in [5, 5.41) is 3.40. The van der Waals surface area contributed by atoms with Gasteiger partial charge in [0.05, 0.1) is 6.54 Å². The number of amides is 1. The molecular formula is C13H26N2O. The second-order valence-corrected chi connectivity index (χ2v) is 6.28. The second-order valence-electron chi connectivity index (χ2n) is 6.28. The van der Waals surface area contributed by atoms with Gasteiger partial charge in [0, 0.05) is 20.1 Å². The minimum Gasteiger partial charge on any atom is -0.348 e. The highest BCUT2D eigenvalue weighted by molar-refractivity contribution is 5.77. The van der Waals surface area contributed by atoms with Crippen LogP contribution in [0.25, 0.3) is 0 Å². The predicted octanol–water partition coefficient (Wildman–Crippen LogP) is 1.88. The van der Waals surface area contributed by atoms with E-state index in [9.17, 15) is 4.79 Å². The number of carbonyl (C=O) groups is 1. The number of likely N-dealkylation sites (N-methyl/N-ethyl adjacent to an activating group) is 1. The van der Waals surface area contributed by atoms with Crippen LogP contribution in [0.1, 0.15) is 40.0 Å². The summed E-state index contributed by atoms with van der Waals surface area (Å²) in [7, 11) is 3.61. The van der Waals surface area contributed by atoms with Crippen molar-refractivity contribution in [1.29, 1.82) is 0 Å². The van der Waals surface area contributed by atoms with E-state index in [1.165, 1.54) is 19.3 Å². The molecule has 0 bridgehead atoms. The van der Waals surface area contributed by atoms with Crippen molar-refractivity contribution in [1.82, 2.24) is 10.2 Å². The normalized spacial score (nSPS) is 28.8. The highest BCUT2D eigenvalue weighted by atomic mass is 16.2. The molecule has 1 aliphatic rings. The van der Waals surface area contributed by atoms with Crippen molar-refractivity contribution in [2.75, 3.05) is 20.6 Å². The van der Waals surface area contributed by atoms with E-state index in [0.717, 1.165) is 5.92 Å². The molecule has 2 atom stereocenters. The van der Waals surface area contributed by atoms with Gasteiger partial charge in [-0.25, -0.2) is 0 Å². The van der Waals surface area contributed by atoms with Gasteiger partial charge in [-0.05, 0) is 30.6 Å². The first kappa shape index (κ1) is 13.5. The summed E-state index contributed by atoms with van der Waals surface area (Å²) in [6, 6.07) is 0.502. The third-order valence-electron chi connectivity index (χ3n) is 3.43. The van der Waals surface area contributed by atoms with E-state index in [4.69, 9.17) is 0 Å². The molecule has 3 heteroatoms. The fraction of sp³-hybridized carbons (Fsp3) is 0.923. The van der Waals surface area contributed by atoms with Gasteiger partial charge in [-0.15, -0.1) is 0 Å². The summed E-state index contributed by atoms with van der Waals surface area (Å²) in [4.78, 5) is 13.1.